The Labute approximate surface area is 155 Å². The summed E-state index contributed by atoms with van der Waals surface area (Å²) in [6.07, 6.45) is 1.72. The van der Waals surface area contributed by atoms with Crippen molar-refractivity contribution >= 4 is 33.3 Å². The van der Waals surface area contributed by atoms with Crippen LogP contribution >= 0.6 is 15.9 Å². The molecule has 1 unspecified atom stereocenters. The number of hydrogen-bond donors (Lipinski definition) is 2. The Kier molecular flexibility index (Phi) is 5.46. The van der Waals surface area contributed by atoms with E-state index >= 15 is 0 Å². The third-order valence-electron chi connectivity index (χ3n) is 3.81. The topological polar surface area (TPSA) is 54.0 Å². The normalized spacial score (nSPS) is 11.6. The van der Waals surface area contributed by atoms with Gasteiger partial charge in [-0.3, -0.25) is 4.79 Å². The van der Waals surface area contributed by atoms with Crippen LogP contribution in [-0.4, -0.2) is 10.9 Å². The molecule has 0 radical (unpaired) electrons. The van der Waals surface area contributed by atoms with Crippen LogP contribution < -0.4 is 10.6 Å². The van der Waals surface area contributed by atoms with Crippen molar-refractivity contribution < 1.29 is 4.79 Å². The van der Waals surface area contributed by atoms with Gasteiger partial charge in [0.15, 0.2) is 0 Å². The van der Waals surface area contributed by atoms with Crippen molar-refractivity contribution in [2.45, 2.75) is 13.0 Å². The molecule has 0 fully saturated rings. The number of nitrogens with one attached hydrogen (secondary N) is 2. The predicted molar refractivity (Wildman–Crippen MR) is 105 cm³/mol. The van der Waals surface area contributed by atoms with Crippen molar-refractivity contribution in [3.8, 4) is 0 Å². The van der Waals surface area contributed by atoms with Gasteiger partial charge in [-0.25, -0.2) is 4.98 Å². The minimum Gasteiger partial charge on any atom is -0.377 e. The fourth-order valence-corrected chi connectivity index (χ4v) is 2.92. The number of amides is 1. The van der Waals surface area contributed by atoms with E-state index in [2.05, 4.69) is 50.6 Å². The molecule has 3 rings (SSSR count). The molecule has 0 spiro atoms. The Morgan fingerprint density at radius 1 is 1.00 bits per heavy atom. The number of carbonyl (C=O) groups excluding carboxylic acids is 1. The number of aromatic nitrogens is 1. The molecule has 0 saturated carbocycles. The predicted octanol–water partition coefficient (Wildman–Crippen LogP) is 5.27. The molecule has 0 aliphatic rings. The van der Waals surface area contributed by atoms with Crippen molar-refractivity contribution in [3.05, 3.63) is 88.5 Å². The second kappa shape index (κ2) is 7.94. The molecular formula is C20H18BrN3O. The van der Waals surface area contributed by atoms with Gasteiger partial charge in [-0.1, -0.05) is 42.5 Å². The lowest BCUT2D eigenvalue weighted by atomic mass is 10.1. The Bertz CT molecular complexity index is 850. The SMILES string of the molecule is CC(Nc1ccc(NC(=O)c2ccccc2Br)nc1)c1ccccc1. The minimum atomic E-state index is -0.196. The summed E-state index contributed by atoms with van der Waals surface area (Å²) in [4.78, 5) is 16.6. The first-order chi connectivity index (χ1) is 12.1. The zero-order valence-electron chi connectivity index (χ0n) is 13.7. The summed E-state index contributed by atoms with van der Waals surface area (Å²) in [5.74, 6) is 0.317. The number of pyridine rings is 1. The van der Waals surface area contributed by atoms with E-state index in [1.165, 1.54) is 5.56 Å². The van der Waals surface area contributed by atoms with Gasteiger partial charge in [-0.15, -0.1) is 0 Å². The molecule has 1 atom stereocenters. The third kappa shape index (κ3) is 4.45. The van der Waals surface area contributed by atoms with Crippen LogP contribution in [0, 0.1) is 0 Å². The number of carbonyl (C=O) groups is 1. The van der Waals surface area contributed by atoms with Gasteiger partial charge in [-0.2, -0.15) is 0 Å². The third-order valence-corrected chi connectivity index (χ3v) is 4.50. The van der Waals surface area contributed by atoms with E-state index in [9.17, 15) is 4.79 Å². The molecule has 2 aromatic carbocycles. The molecule has 3 aromatic rings. The zero-order chi connectivity index (χ0) is 17.6. The van der Waals surface area contributed by atoms with Crippen LogP contribution in [0.25, 0.3) is 0 Å². The molecular weight excluding hydrogens is 378 g/mol. The summed E-state index contributed by atoms with van der Waals surface area (Å²) in [5.41, 5.74) is 2.67. The second-order valence-corrected chi connectivity index (χ2v) is 6.50. The van der Waals surface area contributed by atoms with E-state index in [0.29, 0.717) is 11.4 Å². The summed E-state index contributed by atoms with van der Waals surface area (Å²) in [7, 11) is 0. The molecule has 2 N–H and O–H groups in total. The molecule has 0 saturated heterocycles. The lowest BCUT2D eigenvalue weighted by molar-refractivity contribution is 0.102. The lowest BCUT2D eigenvalue weighted by Gasteiger charge is -2.15. The summed E-state index contributed by atoms with van der Waals surface area (Å²) < 4.78 is 0.752. The number of halogens is 1. The van der Waals surface area contributed by atoms with E-state index in [-0.39, 0.29) is 11.9 Å². The fourth-order valence-electron chi connectivity index (χ4n) is 2.46. The first-order valence-corrected chi connectivity index (χ1v) is 8.76. The van der Waals surface area contributed by atoms with Crippen LogP contribution in [0.4, 0.5) is 11.5 Å². The number of anilines is 2. The fraction of sp³-hybridized carbons (Fsp3) is 0.100. The number of benzene rings is 2. The largest absolute Gasteiger partial charge is 0.377 e. The molecule has 1 heterocycles. The maximum Gasteiger partial charge on any atom is 0.257 e. The summed E-state index contributed by atoms with van der Waals surface area (Å²) in [5, 5.41) is 6.20. The van der Waals surface area contributed by atoms with E-state index in [1.54, 1.807) is 18.3 Å². The van der Waals surface area contributed by atoms with Gasteiger partial charge in [-0.05, 0) is 52.7 Å². The first-order valence-electron chi connectivity index (χ1n) is 7.97. The van der Waals surface area contributed by atoms with E-state index < -0.39 is 0 Å². The van der Waals surface area contributed by atoms with Crippen LogP contribution in [0.2, 0.25) is 0 Å². The van der Waals surface area contributed by atoms with E-state index in [0.717, 1.165) is 10.2 Å². The van der Waals surface area contributed by atoms with Crippen LogP contribution in [0.15, 0.2) is 77.4 Å². The Balaban J connectivity index is 1.64. The maximum absolute atomic E-state index is 12.3. The van der Waals surface area contributed by atoms with Crippen molar-refractivity contribution in [1.82, 2.24) is 4.98 Å². The molecule has 0 aliphatic heterocycles. The minimum absolute atomic E-state index is 0.170. The van der Waals surface area contributed by atoms with Crippen LogP contribution in [-0.2, 0) is 0 Å². The van der Waals surface area contributed by atoms with Crippen LogP contribution in [0.3, 0.4) is 0 Å². The monoisotopic (exact) mass is 395 g/mol. The highest BCUT2D eigenvalue weighted by atomic mass is 79.9. The van der Waals surface area contributed by atoms with Gasteiger partial charge >= 0.3 is 0 Å². The molecule has 4 nitrogen and oxygen atoms in total. The molecule has 126 valence electrons. The quantitative estimate of drug-likeness (QED) is 0.618. The van der Waals surface area contributed by atoms with Gasteiger partial charge in [0, 0.05) is 10.5 Å². The second-order valence-electron chi connectivity index (χ2n) is 5.64. The average Bonchev–Trinajstić information content (AvgIpc) is 2.64. The Morgan fingerprint density at radius 3 is 2.40 bits per heavy atom. The van der Waals surface area contributed by atoms with Crippen molar-refractivity contribution in [2.24, 2.45) is 0 Å². The maximum atomic E-state index is 12.3. The molecule has 25 heavy (non-hydrogen) atoms. The standard InChI is InChI=1S/C20H18BrN3O/c1-14(15-7-3-2-4-8-15)23-16-11-12-19(22-13-16)24-20(25)17-9-5-6-10-18(17)21/h2-14,23H,1H3,(H,22,24,25). The zero-order valence-corrected chi connectivity index (χ0v) is 15.3. The van der Waals surface area contributed by atoms with Gasteiger partial charge in [0.25, 0.3) is 5.91 Å². The van der Waals surface area contributed by atoms with Crippen molar-refractivity contribution in [2.75, 3.05) is 10.6 Å². The highest BCUT2D eigenvalue weighted by molar-refractivity contribution is 9.10. The van der Waals surface area contributed by atoms with Gasteiger partial charge in [0.1, 0.15) is 5.82 Å². The van der Waals surface area contributed by atoms with Gasteiger partial charge in [0.05, 0.1) is 17.4 Å². The molecule has 0 bridgehead atoms. The number of nitrogens with zero attached hydrogens (tertiary/aromatic N) is 1. The smallest absolute Gasteiger partial charge is 0.257 e. The van der Waals surface area contributed by atoms with E-state index in [4.69, 9.17) is 0 Å². The summed E-state index contributed by atoms with van der Waals surface area (Å²) >= 11 is 3.38. The van der Waals surface area contributed by atoms with Crippen LogP contribution in [0.1, 0.15) is 28.9 Å². The van der Waals surface area contributed by atoms with Gasteiger partial charge in [0.2, 0.25) is 0 Å². The van der Waals surface area contributed by atoms with Crippen molar-refractivity contribution in [3.63, 3.8) is 0 Å². The highest BCUT2D eigenvalue weighted by Gasteiger charge is 2.10. The van der Waals surface area contributed by atoms with E-state index in [1.807, 2.05) is 42.5 Å². The van der Waals surface area contributed by atoms with Gasteiger partial charge < -0.3 is 10.6 Å². The Hall–Kier alpha value is -2.66. The average molecular weight is 396 g/mol. The molecule has 1 amide bonds. The van der Waals surface area contributed by atoms with Crippen molar-refractivity contribution in [1.29, 1.82) is 0 Å². The lowest BCUT2D eigenvalue weighted by Crippen LogP contribution is -2.13. The number of hydrogen-bond acceptors (Lipinski definition) is 3. The Morgan fingerprint density at radius 2 is 1.72 bits per heavy atom. The highest BCUT2D eigenvalue weighted by Crippen LogP contribution is 2.20. The number of rotatable bonds is 5. The molecule has 0 aliphatic carbocycles. The molecule has 1 aromatic heterocycles. The van der Waals surface area contributed by atoms with Crippen LogP contribution in [0.5, 0.6) is 0 Å². The summed E-state index contributed by atoms with van der Waals surface area (Å²) in [6, 6.07) is 21.4. The first kappa shape index (κ1) is 17.2. The molecule has 5 heteroatoms. The summed E-state index contributed by atoms with van der Waals surface area (Å²) in [6.45, 7) is 2.10.